The lowest BCUT2D eigenvalue weighted by Gasteiger charge is -2.28. The van der Waals surface area contributed by atoms with E-state index >= 15 is 0 Å². The van der Waals surface area contributed by atoms with Crippen LogP contribution in [0.5, 0.6) is 0 Å². The number of aromatic nitrogens is 2. The maximum Gasteiger partial charge on any atom is 0.261 e. The summed E-state index contributed by atoms with van der Waals surface area (Å²) >= 11 is 7.10. The van der Waals surface area contributed by atoms with Gasteiger partial charge < -0.3 is 15.0 Å². The molecule has 1 fully saturated rings. The summed E-state index contributed by atoms with van der Waals surface area (Å²) in [5.41, 5.74) is 0.880. The lowest BCUT2D eigenvalue weighted by molar-refractivity contribution is 0.0954. The summed E-state index contributed by atoms with van der Waals surface area (Å²) in [7, 11) is 0. The largest absolute Gasteiger partial charge is 0.378 e. The number of halogens is 1. The van der Waals surface area contributed by atoms with Crippen LogP contribution in [0.3, 0.4) is 0 Å². The predicted molar refractivity (Wildman–Crippen MR) is 90.3 cm³/mol. The highest BCUT2D eigenvalue weighted by Crippen LogP contribution is 2.21. The van der Waals surface area contributed by atoms with Gasteiger partial charge in [-0.05, 0) is 19.1 Å². The van der Waals surface area contributed by atoms with Crippen LogP contribution in [0.15, 0.2) is 18.2 Å². The number of rotatable bonds is 4. The summed E-state index contributed by atoms with van der Waals surface area (Å²) < 4.78 is 5.95. The van der Waals surface area contributed by atoms with Crippen molar-refractivity contribution in [1.82, 2.24) is 15.3 Å². The van der Waals surface area contributed by atoms with Gasteiger partial charge in [0.2, 0.25) is 0 Å². The number of nitrogens with one attached hydrogen (secondary N) is 1. The van der Waals surface area contributed by atoms with E-state index in [-0.39, 0.29) is 12.5 Å². The quantitative estimate of drug-likeness (QED) is 0.914. The highest BCUT2D eigenvalue weighted by atomic mass is 35.5. The molecular weight excluding hydrogens is 336 g/mol. The Kier molecular flexibility index (Phi) is 5.09. The highest BCUT2D eigenvalue weighted by molar-refractivity contribution is 7.17. The fourth-order valence-electron chi connectivity index (χ4n) is 2.33. The third-order valence-electron chi connectivity index (χ3n) is 3.43. The van der Waals surface area contributed by atoms with Gasteiger partial charge in [0.25, 0.3) is 5.91 Å². The van der Waals surface area contributed by atoms with Crippen molar-refractivity contribution >= 4 is 34.7 Å². The van der Waals surface area contributed by atoms with Crippen molar-refractivity contribution in [2.45, 2.75) is 13.5 Å². The number of carbonyl (C=O) groups is 1. The zero-order chi connectivity index (χ0) is 16.2. The molecule has 0 saturated carbocycles. The number of thiophene rings is 1. The van der Waals surface area contributed by atoms with Crippen molar-refractivity contribution < 1.29 is 9.53 Å². The SMILES string of the molecule is Cc1cc(N2CCOCC2)nc(CNC(=O)c2ccc(Cl)s2)n1. The molecule has 0 radical (unpaired) electrons. The molecule has 1 N–H and O–H groups in total. The highest BCUT2D eigenvalue weighted by Gasteiger charge is 2.15. The van der Waals surface area contributed by atoms with E-state index in [2.05, 4.69) is 20.2 Å². The summed E-state index contributed by atoms with van der Waals surface area (Å²) in [6.07, 6.45) is 0. The topological polar surface area (TPSA) is 67.3 Å². The van der Waals surface area contributed by atoms with Crippen molar-refractivity contribution in [2.75, 3.05) is 31.2 Å². The van der Waals surface area contributed by atoms with E-state index in [9.17, 15) is 4.79 Å². The van der Waals surface area contributed by atoms with Gasteiger partial charge in [-0.2, -0.15) is 0 Å². The van der Waals surface area contributed by atoms with Gasteiger partial charge in [-0.25, -0.2) is 9.97 Å². The van der Waals surface area contributed by atoms with Crippen LogP contribution in [0.4, 0.5) is 5.82 Å². The summed E-state index contributed by atoms with van der Waals surface area (Å²) in [4.78, 5) is 23.8. The van der Waals surface area contributed by atoms with E-state index in [0.29, 0.717) is 28.3 Å². The van der Waals surface area contributed by atoms with E-state index in [4.69, 9.17) is 16.3 Å². The van der Waals surface area contributed by atoms with E-state index in [1.54, 1.807) is 12.1 Å². The van der Waals surface area contributed by atoms with E-state index in [0.717, 1.165) is 24.6 Å². The number of hydrogen-bond acceptors (Lipinski definition) is 6. The summed E-state index contributed by atoms with van der Waals surface area (Å²) in [5.74, 6) is 1.31. The Bertz CT molecular complexity index is 701. The molecule has 0 spiro atoms. The molecule has 1 aliphatic heterocycles. The molecule has 3 heterocycles. The van der Waals surface area contributed by atoms with Gasteiger partial charge in [-0.1, -0.05) is 11.6 Å². The molecule has 1 amide bonds. The van der Waals surface area contributed by atoms with E-state index in [1.165, 1.54) is 11.3 Å². The van der Waals surface area contributed by atoms with E-state index < -0.39 is 0 Å². The van der Waals surface area contributed by atoms with Crippen LogP contribution in [-0.4, -0.2) is 42.2 Å². The summed E-state index contributed by atoms with van der Waals surface area (Å²) in [6.45, 7) is 5.25. The molecule has 1 aliphatic rings. The lowest BCUT2D eigenvalue weighted by Crippen LogP contribution is -2.37. The molecule has 0 unspecified atom stereocenters. The van der Waals surface area contributed by atoms with Crippen molar-refractivity contribution in [3.8, 4) is 0 Å². The zero-order valence-corrected chi connectivity index (χ0v) is 14.3. The van der Waals surface area contributed by atoms with Crippen molar-refractivity contribution in [1.29, 1.82) is 0 Å². The third kappa shape index (κ3) is 4.19. The average molecular weight is 353 g/mol. The maximum absolute atomic E-state index is 12.1. The lowest BCUT2D eigenvalue weighted by atomic mass is 10.3. The molecule has 1 saturated heterocycles. The first-order valence-electron chi connectivity index (χ1n) is 7.32. The van der Waals surface area contributed by atoms with Gasteiger partial charge in [-0.3, -0.25) is 4.79 Å². The van der Waals surface area contributed by atoms with Crippen LogP contribution in [0, 0.1) is 6.92 Å². The standard InChI is InChI=1S/C15H17ClN4O2S/c1-10-8-14(20-4-6-22-7-5-20)19-13(18-10)9-17-15(21)11-2-3-12(16)23-11/h2-3,8H,4-7,9H2,1H3,(H,17,21). The van der Waals surface area contributed by atoms with Crippen LogP contribution in [0.2, 0.25) is 4.34 Å². The van der Waals surface area contributed by atoms with Crippen molar-refractivity contribution in [3.05, 3.63) is 38.9 Å². The Morgan fingerprint density at radius 1 is 1.39 bits per heavy atom. The van der Waals surface area contributed by atoms with Crippen molar-refractivity contribution in [2.24, 2.45) is 0 Å². The van der Waals surface area contributed by atoms with Crippen LogP contribution in [0.1, 0.15) is 21.2 Å². The van der Waals surface area contributed by atoms with E-state index in [1.807, 2.05) is 13.0 Å². The molecule has 0 aliphatic carbocycles. The Labute approximate surface area is 143 Å². The molecule has 23 heavy (non-hydrogen) atoms. The minimum Gasteiger partial charge on any atom is -0.378 e. The van der Waals surface area contributed by atoms with Crippen molar-refractivity contribution in [3.63, 3.8) is 0 Å². The van der Waals surface area contributed by atoms with Gasteiger partial charge >= 0.3 is 0 Å². The number of nitrogens with zero attached hydrogens (tertiary/aromatic N) is 3. The minimum atomic E-state index is -0.167. The number of carbonyl (C=O) groups excluding carboxylic acids is 1. The van der Waals surface area contributed by atoms with Gasteiger partial charge in [0.1, 0.15) is 11.6 Å². The second-order valence-electron chi connectivity index (χ2n) is 5.17. The van der Waals surface area contributed by atoms with Gasteiger partial charge in [0.05, 0.1) is 29.0 Å². The van der Waals surface area contributed by atoms with Crippen LogP contribution >= 0.6 is 22.9 Å². The maximum atomic E-state index is 12.1. The Balaban J connectivity index is 1.67. The first-order chi connectivity index (χ1) is 11.1. The zero-order valence-electron chi connectivity index (χ0n) is 12.7. The smallest absolute Gasteiger partial charge is 0.261 e. The molecule has 0 bridgehead atoms. The minimum absolute atomic E-state index is 0.167. The van der Waals surface area contributed by atoms with Crippen LogP contribution < -0.4 is 10.2 Å². The molecule has 2 aromatic heterocycles. The van der Waals surface area contributed by atoms with Gasteiger partial charge in [0.15, 0.2) is 0 Å². The Hall–Kier alpha value is -1.70. The second kappa shape index (κ2) is 7.25. The third-order valence-corrected chi connectivity index (χ3v) is 4.66. The van der Waals surface area contributed by atoms with Crippen LogP contribution in [-0.2, 0) is 11.3 Å². The first kappa shape index (κ1) is 16.2. The Morgan fingerprint density at radius 3 is 2.87 bits per heavy atom. The number of amides is 1. The molecule has 122 valence electrons. The second-order valence-corrected chi connectivity index (χ2v) is 6.88. The number of aryl methyl sites for hydroxylation is 1. The molecule has 0 atom stereocenters. The molecule has 2 aromatic rings. The number of anilines is 1. The fraction of sp³-hybridized carbons (Fsp3) is 0.400. The molecule has 8 heteroatoms. The van der Waals surface area contributed by atoms with Gasteiger partial charge in [0, 0.05) is 24.8 Å². The normalized spacial score (nSPS) is 14.8. The van der Waals surface area contributed by atoms with Crippen LogP contribution in [0.25, 0.3) is 0 Å². The fourth-order valence-corrected chi connectivity index (χ4v) is 3.29. The van der Waals surface area contributed by atoms with Gasteiger partial charge in [-0.15, -0.1) is 11.3 Å². The molecule has 3 rings (SSSR count). The summed E-state index contributed by atoms with van der Waals surface area (Å²) in [6, 6.07) is 5.37. The monoisotopic (exact) mass is 352 g/mol. The number of hydrogen-bond donors (Lipinski definition) is 1. The summed E-state index contributed by atoms with van der Waals surface area (Å²) in [5, 5.41) is 2.83. The Morgan fingerprint density at radius 2 is 2.17 bits per heavy atom. The number of morpholine rings is 1. The average Bonchev–Trinajstić information content (AvgIpc) is 2.99. The predicted octanol–water partition coefficient (Wildman–Crippen LogP) is 2.27. The molecule has 6 nitrogen and oxygen atoms in total. The molecule has 0 aromatic carbocycles. The first-order valence-corrected chi connectivity index (χ1v) is 8.52. The number of ether oxygens (including phenoxy) is 1. The molecular formula is C15H17ClN4O2S.